The minimum atomic E-state index is -0.688. The topological polar surface area (TPSA) is 53.5 Å². The molecule has 0 radical (unpaired) electrons. The van der Waals surface area contributed by atoms with E-state index in [1.54, 1.807) is 18.2 Å². The Bertz CT molecular complexity index is 445. The highest BCUT2D eigenvalue weighted by molar-refractivity contribution is 6.06. The van der Waals surface area contributed by atoms with Crippen LogP contribution in [-0.2, 0) is 4.79 Å². The zero-order chi connectivity index (χ0) is 11.5. The molecule has 0 spiro atoms. The molecule has 1 aromatic carbocycles. The van der Waals surface area contributed by atoms with Crippen LogP contribution in [0.25, 0.3) is 0 Å². The summed E-state index contributed by atoms with van der Waals surface area (Å²) in [6.07, 6.45) is 0. The van der Waals surface area contributed by atoms with E-state index in [0.29, 0.717) is 18.1 Å². The number of hydrogen-bond acceptors (Lipinski definition) is 2. The summed E-state index contributed by atoms with van der Waals surface area (Å²) < 4.78 is 13.5. The quantitative estimate of drug-likeness (QED) is 0.781. The lowest BCUT2D eigenvalue weighted by Crippen LogP contribution is -2.25. The Kier molecular flexibility index (Phi) is 2.85. The predicted molar refractivity (Wildman–Crippen MR) is 58.4 cm³/mol. The summed E-state index contributed by atoms with van der Waals surface area (Å²) >= 11 is 0. The third kappa shape index (κ3) is 1.88. The molecular formula is C11H12FN3O. The van der Waals surface area contributed by atoms with Gasteiger partial charge in [-0.3, -0.25) is 15.1 Å². The van der Waals surface area contributed by atoms with Gasteiger partial charge < -0.3 is 5.32 Å². The van der Waals surface area contributed by atoms with E-state index in [1.165, 1.54) is 6.07 Å². The third-order valence-corrected chi connectivity index (χ3v) is 2.32. The average molecular weight is 221 g/mol. The monoisotopic (exact) mass is 221 g/mol. The smallest absolute Gasteiger partial charge is 0.254 e. The lowest BCUT2D eigenvalue weighted by atomic mass is 10.1. The first-order valence-corrected chi connectivity index (χ1v) is 5.08. The molecule has 84 valence electrons. The van der Waals surface area contributed by atoms with E-state index in [9.17, 15) is 9.18 Å². The van der Waals surface area contributed by atoms with Gasteiger partial charge in [0, 0.05) is 12.1 Å². The zero-order valence-electron chi connectivity index (χ0n) is 8.83. The highest BCUT2D eigenvalue weighted by Gasteiger charge is 2.31. The lowest BCUT2D eigenvalue weighted by molar-refractivity contribution is -0.120. The molecule has 1 aliphatic rings. The first-order valence-electron chi connectivity index (χ1n) is 5.08. The van der Waals surface area contributed by atoms with Crippen molar-refractivity contribution in [1.29, 1.82) is 0 Å². The summed E-state index contributed by atoms with van der Waals surface area (Å²) in [6.45, 7) is 2.42. The number of carbonyl (C=O) groups is 1. The van der Waals surface area contributed by atoms with E-state index in [4.69, 9.17) is 0 Å². The van der Waals surface area contributed by atoms with Crippen LogP contribution >= 0.6 is 0 Å². The highest BCUT2D eigenvalue weighted by Crippen LogP contribution is 2.19. The van der Waals surface area contributed by atoms with Gasteiger partial charge in [0.05, 0.1) is 0 Å². The van der Waals surface area contributed by atoms with Gasteiger partial charge in [-0.05, 0) is 13.0 Å². The molecule has 1 aliphatic heterocycles. The molecule has 1 fully saturated rings. The number of aliphatic imine (C=N–C) groups is 1. The molecule has 1 atom stereocenters. The van der Waals surface area contributed by atoms with Gasteiger partial charge in [-0.15, -0.1) is 0 Å². The summed E-state index contributed by atoms with van der Waals surface area (Å²) in [5, 5.41) is 5.41. The van der Waals surface area contributed by atoms with Crippen LogP contribution in [0.2, 0.25) is 0 Å². The van der Waals surface area contributed by atoms with Gasteiger partial charge in [-0.1, -0.05) is 18.2 Å². The maximum atomic E-state index is 13.5. The summed E-state index contributed by atoms with van der Waals surface area (Å²) in [5.41, 5.74) is 0.335. The molecule has 1 heterocycles. The third-order valence-electron chi connectivity index (χ3n) is 2.32. The Balaban J connectivity index is 2.27. The second-order valence-corrected chi connectivity index (χ2v) is 3.41. The summed E-state index contributed by atoms with van der Waals surface area (Å²) in [4.78, 5) is 15.6. The second-order valence-electron chi connectivity index (χ2n) is 3.41. The van der Waals surface area contributed by atoms with E-state index >= 15 is 0 Å². The Morgan fingerprint density at radius 3 is 2.88 bits per heavy atom. The first kappa shape index (κ1) is 10.6. The molecule has 0 saturated carbocycles. The predicted octanol–water partition coefficient (Wildman–Crippen LogP) is 0.962. The minimum absolute atomic E-state index is 0.280. The SMILES string of the molecule is CCN=C1NC(=O)C(c2ccccc2F)N1. The Labute approximate surface area is 92.6 Å². The molecule has 4 nitrogen and oxygen atoms in total. The van der Waals surface area contributed by atoms with Crippen LogP contribution in [0.4, 0.5) is 4.39 Å². The Morgan fingerprint density at radius 1 is 1.44 bits per heavy atom. The Hall–Kier alpha value is -1.91. The van der Waals surface area contributed by atoms with Crippen LogP contribution in [0.1, 0.15) is 18.5 Å². The van der Waals surface area contributed by atoms with Crippen LogP contribution in [0, 0.1) is 5.82 Å². The average Bonchev–Trinajstić information content (AvgIpc) is 2.61. The fourth-order valence-electron chi connectivity index (χ4n) is 1.60. The summed E-state index contributed by atoms with van der Waals surface area (Å²) in [6, 6.07) is 5.52. The number of nitrogens with one attached hydrogen (secondary N) is 2. The van der Waals surface area contributed by atoms with Crippen molar-refractivity contribution in [1.82, 2.24) is 10.6 Å². The molecule has 0 bridgehead atoms. The van der Waals surface area contributed by atoms with Gasteiger partial charge >= 0.3 is 0 Å². The van der Waals surface area contributed by atoms with E-state index in [0.717, 1.165) is 0 Å². The normalized spacial score (nSPS) is 22.0. The molecule has 5 heteroatoms. The molecule has 2 N–H and O–H groups in total. The van der Waals surface area contributed by atoms with Crippen molar-refractivity contribution in [2.75, 3.05) is 6.54 Å². The fraction of sp³-hybridized carbons (Fsp3) is 0.273. The van der Waals surface area contributed by atoms with Crippen molar-refractivity contribution in [3.05, 3.63) is 35.6 Å². The van der Waals surface area contributed by atoms with Crippen molar-refractivity contribution >= 4 is 11.9 Å². The number of nitrogens with zero attached hydrogens (tertiary/aromatic N) is 1. The van der Waals surface area contributed by atoms with Gasteiger partial charge in [0.15, 0.2) is 5.96 Å². The summed E-state index contributed by atoms with van der Waals surface area (Å²) in [5.74, 6) is -0.272. The van der Waals surface area contributed by atoms with E-state index in [2.05, 4.69) is 15.6 Å². The Morgan fingerprint density at radius 2 is 2.19 bits per heavy atom. The van der Waals surface area contributed by atoms with E-state index in [-0.39, 0.29) is 5.91 Å². The lowest BCUT2D eigenvalue weighted by Gasteiger charge is -2.08. The highest BCUT2D eigenvalue weighted by atomic mass is 19.1. The summed E-state index contributed by atoms with van der Waals surface area (Å²) in [7, 11) is 0. The maximum Gasteiger partial charge on any atom is 0.254 e. The van der Waals surface area contributed by atoms with Gasteiger partial charge in [-0.25, -0.2) is 4.39 Å². The van der Waals surface area contributed by atoms with Gasteiger partial charge in [0.25, 0.3) is 5.91 Å². The fourth-order valence-corrected chi connectivity index (χ4v) is 1.60. The van der Waals surface area contributed by atoms with Crippen molar-refractivity contribution in [2.45, 2.75) is 13.0 Å². The molecule has 1 aromatic rings. The second kappa shape index (κ2) is 4.30. The van der Waals surface area contributed by atoms with E-state index < -0.39 is 11.9 Å². The van der Waals surface area contributed by atoms with E-state index in [1.807, 2.05) is 6.92 Å². The number of halogens is 1. The number of guanidine groups is 1. The van der Waals surface area contributed by atoms with Gasteiger partial charge in [0.1, 0.15) is 11.9 Å². The molecule has 1 amide bonds. The van der Waals surface area contributed by atoms with Crippen molar-refractivity contribution < 1.29 is 9.18 Å². The first-order chi connectivity index (χ1) is 7.72. The van der Waals surface area contributed by atoms with Crippen molar-refractivity contribution in [3.63, 3.8) is 0 Å². The van der Waals surface area contributed by atoms with Crippen LogP contribution < -0.4 is 10.6 Å². The van der Waals surface area contributed by atoms with Crippen molar-refractivity contribution in [3.8, 4) is 0 Å². The number of benzene rings is 1. The standard InChI is InChI=1S/C11H12FN3O/c1-2-13-11-14-9(10(16)15-11)7-5-3-4-6-8(7)12/h3-6,9H,2H2,1H3,(H2,13,14,15,16). The zero-order valence-corrected chi connectivity index (χ0v) is 8.83. The van der Waals surface area contributed by atoms with Gasteiger partial charge in [0.2, 0.25) is 0 Å². The van der Waals surface area contributed by atoms with Crippen LogP contribution in [0.3, 0.4) is 0 Å². The molecule has 1 unspecified atom stereocenters. The van der Waals surface area contributed by atoms with Gasteiger partial charge in [-0.2, -0.15) is 0 Å². The maximum absolute atomic E-state index is 13.5. The molecule has 1 saturated heterocycles. The molecule has 0 aliphatic carbocycles. The minimum Gasteiger partial charge on any atom is -0.340 e. The molecule has 0 aromatic heterocycles. The van der Waals surface area contributed by atoms with Crippen molar-refractivity contribution in [2.24, 2.45) is 4.99 Å². The van der Waals surface area contributed by atoms with Crippen LogP contribution in [-0.4, -0.2) is 18.4 Å². The number of amides is 1. The molecule has 2 rings (SSSR count). The number of carbonyl (C=O) groups excluding carboxylic acids is 1. The molecule has 16 heavy (non-hydrogen) atoms. The van der Waals surface area contributed by atoms with Crippen LogP contribution in [0.15, 0.2) is 29.3 Å². The van der Waals surface area contributed by atoms with Crippen LogP contribution in [0.5, 0.6) is 0 Å². The number of hydrogen-bond donors (Lipinski definition) is 2. The largest absolute Gasteiger partial charge is 0.340 e. The number of rotatable bonds is 2. The molecular weight excluding hydrogens is 209 g/mol.